The largest absolute Gasteiger partial charge is 0.489 e. The molecule has 3 aromatic rings. The maximum atomic E-state index is 12.3. The molecule has 6 nitrogen and oxygen atoms in total. The number of ether oxygens (including phenoxy) is 3. The second-order valence-electron chi connectivity index (χ2n) is 6.88. The molecule has 164 valence electrons. The highest BCUT2D eigenvalue weighted by Crippen LogP contribution is 2.20. The van der Waals surface area contributed by atoms with E-state index in [0.717, 1.165) is 16.9 Å². The fourth-order valence-corrected chi connectivity index (χ4v) is 2.74. The van der Waals surface area contributed by atoms with Gasteiger partial charge in [0.2, 0.25) is 0 Å². The van der Waals surface area contributed by atoms with Gasteiger partial charge in [-0.05, 0) is 48.9 Å². The third-order valence-electron chi connectivity index (χ3n) is 4.41. The molecule has 3 rings (SSSR count). The van der Waals surface area contributed by atoms with Gasteiger partial charge in [0.05, 0.1) is 6.21 Å². The Morgan fingerprint density at radius 2 is 1.66 bits per heavy atom. The number of hydrogen-bond donors (Lipinski definition) is 1. The molecule has 1 N–H and O–H groups in total. The summed E-state index contributed by atoms with van der Waals surface area (Å²) in [5.74, 6) is 1.58. The predicted molar refractivity (Wildman–Crippen MR) is 125 cm³/mol. The van der Waals surface area contributed by atoms with Gasteiger partial charge in [0.1, 0.15) is 30.5 Å². The lowest BCUT2D eigenvalue weighted by molar-refractivity contribution is -0.127. The van der Waals surface area contributed by atoms with Crippen LogP contribution in [0.15, 0.2) is 96.6 Å². The number of hydrogen-bond acceptors (Lipinski definition) is 5. The zero-order valence-electron chi connectivity index (χ0n) is 17.9. The van der Waals surface area contributed by atoms with Crippen molar-refractivity contribution in [3.8, 4) is 17.2 Å². The Morgan fingerprint density at radius 1 is 0.969 bits per heavy atom. The van der Waals surface area contributed by atoms with Crippen LogP contribution in [-0.2, 0) is 11.4 Å². The lowest BCUT2D eigenvalue weighted by Gasteiger charge is -2.13. The number of nitrogens with one attached hydrogen (secondary N) is 1. The summed E-state index contributed by atoms with van der Waals surface area (Å²) in [7, 11) is 0. The molecule has 0 fully saturated rings. The third-order valence-corrected chi connectivity index (χ3v) is 4.41. The van der Waals surface area contributed by atoms with Crippen molar-refractivity contribution in [1.29, 1.82) is 0 Å². The number of benzene rings is 3. The molecule has 1 unspecified atom stereocenters. The first-order chi connectivity index (χ1) is 15.7. The monoisotopic (exact) mass is 430 g/mol. The molecule has 3 aromatic carbocycles. The van der Waals surface area contributed by atoms with Gasteiger partial charge in [0, 0.05) is 5.56 Å². The number of amides is 1. The molecule has 0 saturated heterocycles. The Kier molecular flexibility index (Phi) is 8.45. The Balaban J connectivity index is 1.48. The number of carbonyl (C=O) groups excluding carboxylic acids is 1. The highest BCUT2D eigenvalue weighted by Gasteiger charge is 2.14. The summed E-state index contributed by atoms with van der Waals surface area (Å²) < 4.78 is 17.0. The first-order valence-electron chi connectivity index (χ1n) is 10.2. The molecule has 32 heavy (non-hydrogen) atoms. The summed E-state index contributed by atoms with van der Waals surface area (Å²) in [4.78, 5) is 12.3. The molecule has 0 aliphatic carbocycles. The normalized spacial score (nSPS) is 11.5. The Bertz CT molecular complexity index is 1030. The second-order valence-corrected chi connectivity index (χ2v) is 6.88. The van der Waals surface area contributed by atoms with E-state index in [2.05, 4.69) is 17.1 Å². The summed E-state index contributed by atoms with van der Waals surface area (Å²) >= 11 is 0. The van der Waals surface area contributed by atoms with E-state index in [1.807, 2.05) is 54.6 Å². The van der Waals surface area contributed by atoms with Crippen LogP contribution < -0.4 is 19.6 Å². The quantitative estimate of drug-likeness (QED) is 0.271. The van der Waals surface area contributed by atoms with Gasteiger partial charge in [-0.25, -0.2) is 5.43 Å². The van der Waals surface area contributed by atoms with Gasteiger partial charge in [-0.15, -0.1) is 0 Å². The van der Waals surface area contributed by atoms with Crippen molar-refractivity contribution in [2.45, 2.75) is 19.6 Å². The van der Waals surface area contributed by atoms with E-state index < -0.39 is 6.10 Å². The first-order valence-corrected chi connectivity index (χ1v) is 10.2. The van der Waals surface area contributed by atoms with Gasteiger partial charge >= 0.3 is 0 Å². The van der Waals surface area contributed by atoms with Gasteiger partial charge in [-0.3, -0.25) is 4.79 Å². The molecule has 0 aliphatic rings. The van der Waals surface area contributed by atoms with E-state index in [4.69, 9.17) is 14.2 Å². The van der Waals surface area contributed by atoms with Crippen molar-refractivity contribution in [2.24, 2.45) is 5.10 Å². The fourth-order valence-electron chi connectivity index (χ4n) is 2.74. The van der Waals surface area contributed by atoms with E-state index in [1.165, 1.54) is 6.21 Å². The molecule has 1 atom stereocenters. The molecule has 0 aliphatic heterocycles. The van der Waals surface area contributed by atoms with Crippen molar-refractivity contribution in [3.05, 3.63) is 103 Å². The Morgan fingerprint density at radius 3 is 2.41 bits per heavy atom. The van der Waals surface area contributed by atoms with Crippen LogP contribution >= 0.6 is 0 Å². The minimum Gasteiger partial charge on any atom is -0.489 e. The molecule has 0 radical (unpaired) electrons. The van der Waals surface area contributed by atoms with Gasteiger partial charge in [-0.2, -0.15) is 5.10 Å². The highest BCUT2D eigenvalue weighted by atomic mass is 16.5. The average Bonchev–Trinajstić information content (AvgIpc) is 2.83. The molecule has 6 heteroatoms. The van der Waals surface area contributed by atoms with Gasteiger partial charge in [0.15, 0.2) is 6.10 Å². The molecule has 0 saturated carbocycles. The summed E-state index contributed by atoms with van der Waals surface area (Å²) in [6, 6.07) is 24.5. The van der Waals surface area contributed by atoms with Crippen LogP contribution in [0.1, 0.15) is 18.1 Å². The van der Waals surface area contributed by atoms with Crippen molar-refractivity contribution in [2.75, 3.05) is 6.61 Å². The fraction of sp³-hybridized carbons (Fsp3) is 0.154. The molecule has 0 aromatic heterocycles. The summed E-state index contributed by atoms with van der Waals surface area (Å²) in [6.07, 6.45) is 2.47. The van der Waals surface area contributed by atoms with E-state index in [-0.39, 0.29) is 5.91 Å². The minimum atomic E-state index is -0.726. The number of nitrogens with zero attached hydrogens (tertiary/aromatic N) is 1. The number of rotatable bonds is 11. The van der Waals surface area contributed by atoms with E-state index in [9.17, 15) is 4.79 Å². The average molecular weight is 431 g/mol. The highest BCUT2D eigenvalue weighted by molar-refractivity contribution is 5.86. The molecular formula is C26H26N2O4. The van der Waals surface area contributed by atoms with E-state index >= 15 is 0 Å². The van der Waals surface area contributed by atoms with Crippen molar-refractivity contribution < 1.29 is 19.0 Å². The lowest BCUT2D eigenvalue weighted by atomic mass is 10.2. The molecule has 0 bridgehead atoms. The zero-order valence-corrected chi connectivity index (χ0v) is 17.9. The zero-order chi connectivity index (χ0) is 22.6. The van der Waals surface area contributed by atoms with Crippen molar-refractivity contribution in [1.82, 2.24) is 5.43 Å². The van der Waals surface area contributed by atoms with Crippen LogP contribution in [0.5, 0.6) is 17.2 Å². The van der Waals surface area contributed by atoms with Crippen LogP contribution in [0.25, 0.3) is 0 Å². The van der Waals surface area contributed by atoms with Crippen LogP contribution in [0.2, 0.25) is 0 Å². The summed E-state index contributed by atoms with van der Waals surface area (Å²) in [5.41, 5.74) is 4.33. The van der Waals surface area contributed by atoms with Gasteiger partial charge < -0.3 is 14.2 Å². The lowest BCUT2D eigenvalue weighted by Crippen LogP contribution is -2.33. The number of hydrazone groups is 1. The molecular weight excluding hydrogens is 404 g/mol. The standard InChI is InChI=1S/C26H26N2O4/c1-3-17-30-25-12-8-7-11-22(25)18-27-28-26(29)20(2)32-24-15-13-23(14-16-24)31-19-21-9-5-4-6-10-21/h3-16,18,20H,1,17,19H2,2H3,(H,28,29). The predicted octanol–water partition coefficient (Wildman–Crippen LogP) is 4.75. The van der Waals surface area contributed by atoms with Crippen LogP contribution in [0.3, 0.4) is 0 Å². The maximum Gasteiger partial charge on any atom is 0.280 e. The van der Waals surface area contributed by atoms with Gasteiger partial charge in [-0.1, -0.05) is 55.1 Å². The molecule has 0 spiro atoms. The number of carbonyl (C=O) groups is 1. The third kappa shape index (κ3) is 7.02. The molecule has 0 heterocycles. The second kappa shape index (κ2) is 12.0. The SMILES string of the molecule is C=CCOc1ccccc1C=NNC(=O)C(C)Oc1ccc(OCc2ccccc2)cc1. The maximum absolute atomic E-state index is 12.3. The first kappa shape index (κ1) is 22.6. The van der Waals surface area contributed by atoms with Crippen LogP contribution in [-0.4, -0.2) is 24.8 Å². The minimum absolute atomic E-state index is 0.366. The smallest absolute Gasteiger partial charge is 0.280 e. The van der Waals surface area contributed by atoms with Crippen LogP contribution in [0.4, 0.5) is 0 Å². The summed E-state index contributed by atoms with van der Waals surface area (Å²) in [6.45, 7) is 6.17. The van der Waals surface area contributed by atoms with Crippen molar-refractivity contribution >= 4 is 12.1 Å². The van der Waals surface area contributed by atoms with Crippen LogP contribution in [0, 0.1) is 0 Å². The van der Waals surface area contributed by atoms with Crippen molar-refractivity contribution in [3.63, 3.8) is 0 Å². The van der Waals surface area contributed by atoms with E-state index in [0.29, 0.717) is 24.7 Å². The topological polar surface area (TPSA) is 69.2 Å². The Hall–Kier alpha value is -4.06. The summed E-state index contributed by atoms with van der Waals surface area (Å²) in [5, 5.41) is 4.01. The Labute approximate surface area is 188 Å². The molecule has 1 amide bonds. The van der Waals surface area contributed by atoms with Gasteiger partial charge in [0.25, 0.3) is 5.91 Å². The number of para-hydroxylation sites is 1. The van der Waals surface area contributed by atoms with E-state index in [1.54, 1.807) is 37.3 Å².